The second kappa shape index (κ2) is 7.07. The molecule has 5 heterocycles. The predicted octanol–water partition coefficient (Wildman–Crippen LogP) is 2.23. The maximum absolute atomic E-state index is 12.4. The molecular weight excluding hydrogens is 394 g/mol. The standard InChI is InChI=1S/C22H23N7O2/c1-14-3-2-4-15(11-14)16-5-6-28(26-16)18-12-17(27-7-9-31-10-8-27)20-21(25-18)29-19(24-20)13-23-22(29)30/h2-6,11-12,16,26H,7-10,13H2,1H3,(H,23,30). The summed E-state index contributed by atoms with van der Waals surface area (Å²) >= 11 is 0. The van der Waals surface area contributed by atoms with E-state index in [0.29, 0.717) is 31.2 Å². The Hall–Kier alpha value is -3.43. The Labute approximate surface area is 179 Å². The SMILES string of the molecule is Cc1cccc(C2C=CN(c3cc(N4CCOCC4)c4nc5n(c4n3)C(=O)NC5)N2)c1. The molecule has 3 aromatic rings. The molecule has 1 aromatic carbocycles. The maximum Gasteiger partial charge on any atom is 0.329 e. The lowest BCUT2D eigenvalue weighted by atomic mass is 10.1. The molecule has 3 aliphatic rings. The largest absolute Gasteiger partial charge is 0.378 e. The second-order valence-corrected chi connectivity index (χ2v) is 8.03. The van der Waals surface area contributed by atoms with Crippen LogP contribution in [-0.4, -0.2) is 46.9 Å². The van der Waals surface area contributed by atoms with Crippen LogP contribution in [0.4, 0.5) is 16.3 Å². The van der Waals surface area contributed by atoms with Gasteiger partial charge in [0, 0.05) is 25.4 Å². The highest BCUT2D eigenvalue weighted by Gasteiger charge is 2.29. The number of carbonyl (C=O) groups is 1. The average molecular weight is 417 g/mol. The quantitative estimate of drug-likeness (QED) is 0.676. The molecule has 9 nitrogen and oxygen atoms in total. The Morgan fingerprint density at radius 3 is 2.87 bits per heavy atom. The molecule has 0 spiro atoms. The molecule has 0 radical (unpaired) electrons. The third-order valence-electron chi connectivity index (χ3n) is 5.96. The first-order valence-corrected chi connectivity index (χ1v) is 10.5. The van der Waals surface area contributed by atoms with E-state index in [9.17, 15) is 4.79 Å². The molecule has 3 aliphatic heterocycles. The van der Waals surface area contributed by atoms with Gasteiger partial charge in [0.1, 0.15) is 11.3 Å². The number of fused-ring (bicyclic) bond motifs is 3. The smallest absolute Gasteiger partial charge is 0.329 e. The number of amides is 1. The topological polar surface area (TPSA) is 87.5 Å². The molecule has 0 aliphatic carbocycles. The number of pyridine rings is 1. The van der Waals surface area contributed by atoms with Crippen molar-refractivity contribution in [3.8, 4) is 0 Å². The minimum atomic E-state index is -0.183. The van der Waals surface area contributed by atoms with Crippen LogP contribution in [0.1, 0.15) is 23.0 Å². The number of imidazole rings is 1. The monoisotopic (exact) mass is 417 g/mol. The van der Waals surface area contributed by atoms with Crippen LogP contribution in [-0.2, 0) is 11.3 Å². The second-order valence-electron chi connectivity index (χ2n) is 8.03. The summed E-state index contributed by atoms with van der Waals surface area (Å²) in [5.74, 6) is 1.42. The molecule has 1 amide bonds. The molecule has 0 bridgehead atoms. The summed E-state index contributed by atoms with van der Waals surface area (Å²) in [7, 11) is 0. The van der Waals surface area contributed by atoms with E-state index in [1.54, 1.807) is 4.57 Å². The van der Waals surface area contributed by atoms with Gasteiger partial charge in [-0.05, 0) is 18.6 Å². The van der Waals surface area contributed by atoms with Crippen LogP contribution in [0.5, 0.6) is 0 Å². The van der Waals surface area contributed by atoms with Gasteiger partial charge >= 0.3 is 6.03 Å². The van der Waals surface area contributed by atoms with Crippen molar-refractivity contribution in [3.05, 3.63) is 59.6 Å². The molecule has 1 atom stereocenters. The minimum Gasteiger partial charge on any atom is -0.378 e. The highest BCUT2D eigenvalue weighted by atomic mass is 16.5. The fourth-order valence-corrected chi connectivity index (χ4v) is 4.40. The van der Waals surface area contributed by atoms with Crippen LogP contribution >= 0.6 is 0 Å². The third kappa shape index (κ3) is 3.05. The van der Waals surface area contributed by atoms with E-state index in [-0.39, 0.29) is 12.1 Å². The van der Waals surface area contributed by atoms with Crippen molar-refractivity contribution in [3.63, 3.8) is 0 Å². The Bertz CT molecular complexity index is 1210. The van der Waals surface area contributed by atoms with E-state index in [0.717, 1.165) is 30.1 Å². The van der Waals surface area contributed by atoms with Crippen molar-refractivity contribution >= 4 is 28.7 Å². The molecular formula is C22H23N7O2. The summed E-state index contributed by atoms with van der Waals surface area (Å²) in [4.78, 5) is 24.3. The number of benzene rings is 1. The molecule has 1 fully saturated rings. The van der Waals surface area contributed by atoms with Gasteiger partial charge in [0.15, 0.2) is 11.5 Å². The minimum absolute atomic E-state index is 0.0590. The number of carbonyl (C=O) groups excluding carboxylic acids is 1. The van der Waals surface area contributed by atoms with Gasteiger partial charge in [0.25, 0.3) is 0 Å². The first kappa shape index (κ1) is 18.3. The van der Waals surface area contributed by atoms with E-state index in [1.165, 1.54) is 11.1 Å². The van der Waals surface area contributed by atoms with Crippen LogP contribution in [0.25, 0.3) is 11.2 Å². The Morgan fingerprint density at radius 2 is 2.03 bits per heavy atom. The lowest BCUT2D eigenvalue weighted by Crippen LogP contribution is -2.37. The number of aryl methyl sites for hydroxylation is 1. The van der Waals surface area contributed by atoms with Gasteiger partial charge in [-0.1, -0.05) is 29.8 Å². The van der Waals surface area contributed by atoms with Crippen molar-refractivity contribution < 1.29 is 9.53 Å². The molecule has 9 heteroatoms. The van der Waals surface area contributed by atoms with Crippen LogP contribution < -0.4 is 20.7 Å². The summed E-state index contributed by atoms with van der Waals surface area (Å²) in [5.41, 5.74) is 8.24. The fourth-order valence-electron chi connectivity index (χ4n) is 4.40. The Balaban J connectivity index is 1.41. The number of hydrogen-bond donors (Lipinski definition) is 2. The summed E-state index contributed by atoms with van der Waals surface area (Å²) < 4.78 is 7.12. The van der Waals surface area contributed by atoms with Gasteiger partial charge in [-0.3, -0.25) is 5.01 Å². The van der Waals surface area contributed by atoms with Gasteiger partial charge in [-0.2, -0.15) is 0 Å². The number of aromatic nitrogens is 3. The van der Waals surface area contributed by atoms with Gasteiger partial charge in [-0.15, -0.1) is 0 Å². The zero-order valence-electron chi connectivity index (χ0n) is 17.2. The lowest BCUT2D eigenvalue weighted by Gasteiger charge is -2.30. The van der Waals surface area contributed by atoms with E-state index >= 15 is 0 Å². The number of nitrogens with zero attached hydrogens (tertiary/aromatic N) is 5. The summed E-state index contributed by atoms with van der Waals surface area (Å²) in [6.45, 7) is 5.42. The molecule has 2 aromatic heterocycles. The van der Waals surface area contributed by atoms with Crippen molar-refractivity contribution in [2.75, 3.05) is 36.2 Å². The predicted molar refractivity (Wildman–Crippen MR) is 117 cm³/mol. The number of hydrogen-bond acceptors (Lipinski definition) is 7. The van der Waals surface area contributed by atoms with Gasteiger partial charge < -0.3 is 15.0 Å². The first-order chi connectivity index (χ1) is 15.2. The summed E-state index contributed by atoms with van der Waals surface area (Å²) in [6.07, 6.45) is 4.11. The van der Waals surface area contributed by atoms with E-state index in [4.69, 9.17) is 14.7 Å². The first-order valence-electron chi connectivity index (χ1n) is 10.5. The molecule has 158 valence electrons. The zero-order chi connectivity index (χ0) is 20.9. The highest BCUT2D eigenvalue weighted by Crippen LogP contribution is 2.33. The molecule has 2 N–H and O–H groups in total. The van der Waals surface area contributed by atoms with E-state index in [2.05, 4.69) is 52.9 Å². The molecule has 1 unspecified atom stereocenters. The van der Waals surface area contributed by atoms with Crippen LogP contribution in [0.15, 0.2) is 42.6 Å². The van der Waals surface area contributed by atoms with Crippen LogP contribution in [0, 0.1) is 6.92 Å². The number of anilines is 2. The third-order valence-corrected chi connectivity index (χ3v) is 5.96. The van der Waals surface area contributed by atoms with Gasteiger partial charge in [0.05, 0.1) is 31.5 Å². The Morgan fingerprint density at radius 1 is 1.16 bits per heavy atom. The van der Waals surface area contributed by atoms with E-state index in [1.807, 2.05) is 17.3 Å². The van der Waals surface area contributed by atoms with Crippen LogP contribution in [0.2, 0.25) is 0 Å². The number of rotatable bonds is 3. The van der Waals surface area contributed by atoms with Crippen molar-refractivity contribution in [1.82, 2.24) is 25.3 Å². The van der Waals surface area contributed by atoms with Gasteiger partial charge in [-0.25, -0.2) is 24.8 Å². The van der Waals surface area contributed by atoms with Crippen molar-refractivity contribution in [1.29, 1.82) is 0 Å². The average Bonchev–Trinajstić information content (AvgIpc) is 3.50. The van der Waals surface area contributed by atoms with Crippen molar-refractivity contribution in [2.45, 2.75) is 19.5 Å². The lowest BCUT2D eigenvalue weighted by molar-refractivity contribution is 0.123. The Kier molecular flexibility index (Phi) is 4.18. The molecule has 6 rings (SSSR count). The number of ether oxygens (including phenoxy) is 1. The summed E-state index contributed by atoms with van der Waals surface area (Å²) in [6, 6.07) is 10.4. The number of nitrogens with one attached hydrogen (secondary N) is 2. The molecule has 0 saturated carbocycles. The van der Waals surface area contributed by atoms with E-state index < -0.39 is 0 Å². The van der Waals surface area contributed by atoms with Crippen molar-refractivity contribution in [2.24, 2.45) is 0 Å². The summed E-state index contributed by atoms with van der Waals surface area (Å²) in [5, 5.41) is 4.74. The zero-order valence-corrected chi connectivity index (χ0v) is 17.2. The maximum atomic E-state index is 12.4. The molecule has 1 saturated heterocycles. The number of morpholine rings is 1. The number of hydrazine groups is 1. The normalized spacial score (nSPS) is 20.5. The highest BCUT2D eigenvalue weighted by molar-refractivity contribution is 5.96. The molecule has 31 heavy (non-hydrogen) atoms. The fraction of sp³-hybridized carbons (Fsp3) is 0.318. The van der Waals surface area contributed by atoms with Gasteiger partial charge in [0.2, 0.25) is 0 Å². The van der Waals surface area contributed by atoms with Crippen LogP contribution in [0.3, 0.4) is 0 Å².